The SMILES string of the molecule is COC(=O)N1CCCN(C(=O)Nc2ccc(Cl)cc2Cl)CC1. The van der Waals surface area contributed by atoms with Crippen LogP contribution in [-0.4, -0.2) is 55.2 Å². The smallest absolute Gasteiger partial charge is 0.409 e. The van der Waals surface area contributed by atoms with E-state index in [4.69, 9.17) is 27.9 Å². The lowest BCUT2D eigenvalue weighted by Crippen LogP contribution is -2.39. The summed E-state index contributed by atoms with van der Waals surface area (Å²) in [6, 6.07) is 4.63. The average Bonchev–Trinajstić information content (AvgIpc) is 2.75. The summed E-state index contributed by atoms with van der Waals surface area (Å²) in [4.78, 5) is 27.0. The van der Waals surface area contributed by atoms with Crippen molar-refractivity contribution in [2.24, 2.45) is 0 Å². The molecular weight excluding hydrogens is 329 g/mol. The molecule has 0 bridgehead atoms. The van der Waals surface area contributed by atoms with Crippen LogP contribution in [0.4, 0.5) is 15.3 Å². The summed E-state index contributed by atoms with van der Waals surface area (Å²) in [5, 5.41) is 3.64. The Labute approximate surface area is 138 Å². The minimum absolute atomic E-state index is 0.254. The Bertz CT molecular complexity index is 568. The molecule has 3 amide bonds. The number of rotatable bonds is 1. The van der Waals surface area contributed by atoms with Crippen molar-refractivity contribution >= 4 is 41.0 Å². The fraction of sp³-hybridized carbons (Fsp3) is 0.429. The van der Waals surface area contributed by atoms with Crippen molar-refractivity contribution in [2.45, 2.75) is 6.42 Å². The fourth-order valence-corrected chi connectivity index (χ4v) is 2.67. The molecule has 1 aromatic rings. The zero-order valence-corrected chi connectivity index (χ0v) is 13.7. The van der Waals surface area contributed by atoms with Gasteiger partial charge in [-0.15, -0.1) is 0 Å². The van der Waals surface area contributed by atoms with Crippen LogP contribution in [0.2, 0.25) is 10.0 Å². The molecule has 1 aliphatic rings. The van der Waals surface area contributed by atoms with Gasteiger partial charge in [0.15, 0.2) is 0 Å². The lowest BCUT2D eigenvalue weighted by molar-refractivity contribution is 0.125. The lowest BCUT2D eigenvalue weighted by Gasteiger charge is -2.22. The summed E-state index contributed by atoms with van der Waals surface area (Å²) >= 11 is 11.9. The van der Waals surface area contributed by atoms with Crippen molar-refractivity contribution in [3.8, 4) is 0 Å². The van der Waals surface area contributed by atoms with Crippen LogP contribution in [0.15, 0.2) is 18.2 Å². The molecule has 0 aliphatic carbocycles. The highest BCUT2D eigenvalue weighted by atomic mass is 35.5. The molecule has 22 heavy (non-hydrogen) atoms. The van der Waals surface area contributed by atoms with Gasteiger partial charge in [0.05, 0.1) is 17.8 Å². The molecule has 2 rings (SSSR count). The minimum Gasteiger partial charge on any atom is -0.453 e. The molecule has 6 nitrogen and oxygen atoms in total. The van der Waals surface area contributed by atoms with Gasteiger partial charge in [0, 0.05) is 31.2 Å². The number of anilines is 1. The molecule has 0 unspecified atom stereocenters. The van der Waals surface area contributed by atoms with Crippen molar-refractivity contribution in [3.05, 3.63) is 28.2 Å². The summed E-state index contributed by atoms with van der Waals surface area (Å²) in [5.41, 5.74) is 0.505. The number of nitrogens with one attached hydrogen (secondary N) is 1. The Morgan fingerprint density at radius 1 is 1.14 bits per heavy atom. The third-order valence-corrected chi connectivity index (χ3v) is 3.94. The zero-order valence-electron chi connectivity index (χ0n) is 12.1. The first-order chi connectivity index (χ1) is 10.5. The van der Waals surface area contributed by atoms with Gasteiger partial charge < -0.3 is 19.9 Å². The molecule has 1 aliphatic heterocycles. The summed E-state index contributed by atoms with van der Waals surface area (Å²) in [5.74, 6) is 0. The number of methoxy groups -OCH3 is 1. The predicted octanol–water partition coefficient (Wildman–Crippen LogP) is 3.30. The van der Waals surface area contributed by atoms with Crippen LogP contribution in [0.1, 0.15) is 6.42 Å². The van der Waals surface area contributed by atoms with E-state index in [1.54, 1.807) is 28.0 Å². The van der Waals surface area contributed by atoms with Crippen LogP contribution in [0.3, 0.4) is 0 Å². The van der Waals surface area contributed by atoms with Crippen LogP contribution >= 0.6 is 23.2 Å². The van der Waals surface area contributed by atoms with E-state index in [0.29, 0.717) is 48.3 Å². The Balaban J connectivity index is 1.96. The maximum atomic E-state index is 12.3. The molecule has 8 heteroatoms. The number of carbonyl (C=O) groups is 2. The standard InChI is InChI=1S/C14H17Cl2N3O3/c1-22-14(21)19-6-2-5-18(7-8-19)13(20)17-12-4-3-10(15)9-11(12)16/h3-4,9H,2,5-8H2,1H3,(H,17,20). The molecule has 1 fully saturated rings. The largest absolute Gasteiger partial charge is 0.453 e. The molecule has 1 heterocycles. The van der Waals surface area contributed by atoms with E-state index in [1.165, 1.54) is 7.11 Å². The first-order valence-corrected chi connectivity index (χ1v) is 7.60. The summed E-state index contributed by atoms with van der Waals surface area (Å²) in [6.07, 6.45) is 0.319. The van der Waals surface area contributed by atoms with Crippen molar-refractivity contribution < 1.29 is 14.3 Å². The quantitative estimate of drug-likeness (QED) is 0.849. The Morgan fingerprint density at radius 2 is 1.82 bits per heavy atom. The van der Waals surface area contributed by atoms with Crippen molar-refractivity contribution in [3.63, 3.8) is 0 Å². The van der Waals surface area contributed by atoms with E-state index in [0.717, 1.165) is 0 Å². The molecule has 0 atom stereocenters. The number of hydrogen-bond donors (Lipinski definition) is 1. The number of hydrogen-bond acceptors (Lipinski definition) is 3. The van der Waals surface area contributed by atoms with E-state index in [2.05, 4.69) is 5.32 Å². The van der Waals surface area contributed by atoms with Crippen molar-refractivity contribution in [2.75, 3.05) is 38.6 Å². The summed E-state index contributed by atoms with van der Waals surface area (Å²) in [6.45, 7) is 2.00. The van der Waals surface area contributed by atoms with Crippen molar-refractivity contribution in [1.29, 1.82) is 0 Å². The van der Waals surface area contributed by atoms with E-state index in [-0.39, 0.29) is 12.1 Å². The first kappa shape index (κ1) is 16.7. The summed E-state index contributed by atoms with van der Waals surface area (Å²) in [7, 11) is 1.35. The Hall–Kier alpha value is -1.66. The van der Waals surface area contributed by atoms with Gasteiger partial charge in [-0.05, 0) is 24.6 Å². The predicted molar refractivity (Wildman–Crippen MR) is 85.6 cm³/mol. The monoisotopic (exact) mass is 345 g/mol. The van der Waals surface area contributed by atoms with E-state index < -0.39 is 0 Å². The van der Waals surface area contributed by atoms with Crippen LogP contribution in [-0.2, 0) is 4.74 Å². The number of urea groups is 1. The highest BCUT2D eigenvalue weighted by molar-refractivity contribution is 6.36. The maximum Gasteiger partial charge on any atom is 0.409 e. The third-order valence-electron chi connectivity index (χ3n) is 3.39. The molecule has 0 aromatic heterocycles. The van der Waals surface area contributed by atoms with Crippen LogP contribution in [0.25, 0.3) is 0 Å². The average molecular weight is 346 g/mol. The van der Waals surface area contributed by atoms with Gasteiger partial charge in [-0.2, -0.15) is 0 Å². The Morgan fingerprint density at radius 3 is 2.50 bits per heavy atom. The molecule has 0 saturated carbocycles. The highest BCUT2D eigenvalue weighted by Gasteiger charge is 2.22. The van der Waals surface area contributed by atoms with Crippen LogP contribution in [0.5, 0.6) is 0 Å². The highest BCUT2D eigenvalue weighted by Crippen LogP contribution is 2.25. The van der Waals surface area contributed by atoms with Gasteiger partial charge in [-0.3, -0.25) is 0 Å². The van der Waals surface area contributed by atoms with Gasteiger partial charge in [-0.25, -0.2) is 9.59 Å². The normalized spacial score (nSPS) is 15.2. The summed E-state index contributed by atoms with van der Waals surface area (Å²) < 4.78 is 4.70. The van der Waals surface area contributed by atoms with Crippen molar-refractivity contribution in [1.82, 2.24) is 9.80 Å². The second-order valence-corrected chi connectivity index (χ2v) is 5.70. The van der Waals surface area contributed by atoms with Gasteiger partial charge in [-0.1, -0.05) is 23.2 Å². The topological polar surface area (TPSA) is 61.9 Å². The van der Waals surface area contributed by atoms with Crippen LogP contribution < -0.4 is 5.32 Å². The molecular formula is C14H17Cl2N3O3. The number of amides is 3. The minimum atomic E-state index is -0.372. The second-order valence-electron chi connectivity index (χ2n) is 4.85. The molecule has 0 radical (unpaired) electrons. The Kier molecular flexibility index (Phi) is 5.74. The second kappa shape index (κ2) is 7.56. The van der Waals surface area contributed by atoms with Gasteiger partial charge in [0.25, 0.3) is 0 Å². The molecule has 120 valence electrons. The van der Waals surface area contributed by atoms with E-state index in [9.17, 15) is 9.59 Å². The number of ether oxygens (including phenoxy) is 1. The van der Waals surface area contributed by atoms with E-state index in [1.807, 2.05) is 0 Å². The number of carbonyl (C=O) groups excluding carboxylic acids is 2. The molecule has 1 N–H and O–H groups in total. The van der Waals surface area contributed by atoms with Crippen LogP contribution in [0, 0.1) is 0 Å². The molecule has 1 saturated heterocycles. The lowest BCUT2D eigenvalue weighted by atomic mass is 10.3. The number of nitrogens with zero attached hydrogens (tertiary/aromatic N) is 2. The molecule has 1 aromatic carbocycles. The maximum absolute atomic E-state index is 12.3. The zero-order chi connectivity index (χ0) is 16.1. The van der Waals surface area contributed by atoms with Gasteiger partial charge in [0.1, 0.15) is 0 Å². The fourth-order valence-electron chi connectivity index (χ4n) is 2.22. The molecule has 0 spiro atoms. The van der Waals surface area contributed by atoms with Gasteiger partial charge >= 0.3 is 12.1 Å². The van der Waals surface area contributed by atoms with Gasteiger partial charge in [0.2, 0.25) is 0 Å². The third kappa shape index (κ3) is 4.18. The number of benzene rings is 1. The first-order valence-electron chi connectivity index (χ1n) is 6.85. The van der Waals surface area contributed by atoms with E-state index >= 15 is 0 Å². The number of halogens is 2.